The van der Waals surface area contributed by atoms with Crippen LogP contribution in [0.2, 0.25) is 0 Å². The van der Waals surface area contributed by atoms with Gasteiger partial charge >= 0.3 is 5.97 Å². The van der Waals surface area contributed by atoms with Crippen molar-refractivity contribution in [3.05, 3.63) is 27.3 Å². The highest BCUT2D eigenvalue weighted by atomic mass is 127. The quantitative estimate of drug-likeness (QED) is 0.758. The second-order valence-corrected chi connectivity index (χ2v) is 7.65. The fraction of sp³-hybridized carbons (Fsp3) is 0.417. The van der Waals surface area contributed by atoms with Gasteiger partial charge in [-0.25, -0.2) is 13.2 Å². The summed E-state index contributed by atoms with van der Waals surface area (Å²) in [5.74, 6) is -1.14. The molecule has 0 saturated carbocycles. The zero-order valence-corrected chi connectivity index (χ0v) is 13.7. The Morgan fingerprint density at radius 1 is 1.50 bits per heavy atom. The van der Waals surface area contributed by atoms with E-state index < -0.39 is 16.0 Å². The van der Waals surface area contributed by atoms with E-state index in [4.69, 9.17) is 9.84 Å². The first kappa shape index (κ1) is 15.7. The number of aromatic carboxylic acids is 1. The van der Waals surface area contributed by atoms with Gasteiger partial charge in [-0.2, -0.15) is 4.31 Å². The third kappa shape index (κ3) is 2.97. The molecule has 0 spiro atoms. The molecule has 0 amide bonds. The van der Waals surface area contributed by atoms with E-state index in [1.165, 1.54) is 29.6 Å². The minimum absolute atomic E-state index is 0.00952. The maximum atomic E-state index is 12.5. The van der Waals surface area contributed by atoms with Gasteiger partial charge in [-0.15, -0.1) is 0 Å². The minimum atomic E-state index is -3.71. The van der Waals surface area contributed by atoms with Gasteiger partial charge < -0.3 is 9.84 Å². The van der Waals surface area contributed by atoms with Crippen LogP contribution in [0.3, 0.4) is 0 Å². The van der Waals surface area contributed by atoms with Crippen LogP contribution in [0.5, 0.6) is 0 Å². The Labute approximate surface area is 130 Å². The van der Waals surface area contributed by atoms with Crippen LogP contribution in [-0.2, 0) is 14.8 Å². The number of benzene rings is 1. The standard InChI is InChI=1S/C12H14INO5S/c1-14(8-4-5-19-7-8)20(17,18)9-2-3-11(13)10(6-9)12(15)16/h2-3,6,8H,4-5,7H2,1H3,(H,15,16). The van der Waals surface area contributed by atoms with E-state index in [2.05, 4.69) is 0 Å². The number of carbonyl (C=O) groups is 1. The fourth-order valence-corrected chi connectivity index (χ4v) is 3.96. The molecule has 1 aliphatic rings. The summed E-state index contributed by atoms with van der Waals surface area (Å²) < 4.78 is 31.9. The molecule has 110 valence electrons. The van der Waals surface area contributed by atoms with E-state index in [1.54, 1.807) is 0 Å². The van der Waals surface area contributed by atoms with E-state index in [-0.39, 0.29) is 16.5 Å². The lowest BCUT2D eigenvalue weighted by Crippen LogP contribution is -2.37. The van der Waals surface area contributed by atoms with E-state index >= 15 is 0 Å². The summed E-state index contributed by atoms with van der Waals surface area (Å²) >= 11 is 1.87. The molecule has 0 bridgehead atoms. The molecule has 8 heteroatoms. The summed E-state index contributed by atoms with van der Waals surface area (Å²) in [6.07, 6.45) is 0.645. The number of nitrogens with zero attached hydrogens (tertiary/aromatic N) is 1. The van der Waals surface area contributed by atoms with Crippen LogP contribution < -0.4 is 0 Å². The molecular weight excluding hydrogens is 397 g/mol. The van der Waals surface area contributed by atoms with Gasteiger partial charge in [0, 0.05) is 17.2 Å². The summed E-state index contributed by atoms with van der Waals surface area (Å²) in [6.45, 7) is 0.906. The number of hydrogen-bond acceptors (Lipinski definition) is 4. The van der Waals surface area contributed by atoms with Gasteiger partial charge in [0.2, 0.25) is 10.0 Å². The Kier molecular flexibility index (Phi) is 4.67. The molecule has 1 fully saturated rings. The third-order valence-corrected chi connectivity index (χ3v) is 6.11. The molecule has 1 heterocycles. The van der Waals surface area contributed by atoms with E-state index in [0.717, 1.165) is 0 Å². The summed E-state index contributed by atoms with van der Waals surface area (Å²) in [4.78, 5) is 11.1. The van der Waals surface area contributed by atoms with Gasteiger partial charge in [0.15, 0.2) is 0 Å². The summed E-state index contributed by atoms with van der Waals surface area (Å²) in [6, 6.07) is 3.92. The number of carboxylic acid groups (broad SMARTS) is 1. The average molecular weight is 411 g/mol. The number of rotatable bonds is 4. The zero-order chi connectivity index (χ0) is 14.9. The second kappa shape index (κ2) is 5.96. The lowest BCUT2D eigenvalue weighted by Gasteiger charge is -2.22. The Morgan fingerprint density at radius 3 is 2.75 bits per heavy atom. The number of likely N-dealkylation sites (N-methyl/N-ethyl adjacent to an activating group) is 1. The Hall–Kier alpha value is -0.710. The average Bonchev–Trinajstić information content (AvgIpc) is 2.91. The van der Waals surface area contributed by atoms with E-state index in [1.807, 2.05) is 22.6 Å². The summed E-state index contributed by atoms with van der Waals surface area (Å²) in [7, 11) is -2.22. The van der Waals surface area contributed by atoms with Crippen molar-refractivity contribution < 1.29 is 23.1 Å². The topological polar surface area (TPSA) is 83.9 Å². The van der Waals surface area contributed by atoms with E-state index in [9.17, 15) is 13.2 Å². The molecule has 1 atom stereocenters. The molecule has 1 saturated heterocycles. The van der Waals surface area contributed by atoms with Gasteiger partial charge in [0.25, 0.3) is 0 Å². The van der Waals surface area contributed by atoms with Crippen molar-refractivity contribution in [2.75, 3.05) is 20.3 Å². The van der Waals surface area contributed by atoms with Crippen LogP contribution in [0.1, 0.15) is 16.8 Å². The predicted molar refractivity (Wildman–Crippen MR) is 80.3 cm³/mol. The van der Waals surface area contributed by atoms with Crippen molar-refractivity contribution in [2.24, 2.45) is 0 Å². The molecule has 1 aromatic carbocycles. The van der Waals surface area contributed by atoms with E-state index in [0.29, 0.717) is 23.2 Å². The molecule has 0 radical (unpaired) electrons. The maximum absolute atomic E-state index is 12.5. The highest BCUT2D eigenvalue weighted by molar-refractivity contribution is 14.1. The number of halogens is 1. The predicted octanol–water partition coefficient (Wildman–Crippen LogP) is 1.40. The third-order valence-electron chi connectivity index (χ3n) is 3.27. The van der Waals surface area contributed by atoms with Crippen molar-refractivity contribution in [1.29, 1.82) is 0 Å². The molecule has 0 aliphatic carbocycles. The highest BCUT2D eigenvalue weighted by Crippen LogP contribution is 2.23. The summed E-state index contributed by atoms with van der Waals surface area (Å²) in [5, 5.41) is 9.07. The second-order valence-electron chi connectivity index (χ2n) is 4.49. The van der Waals surface area contributed by atoms with Crippen molar-refractivity contribution in [2.45, 2.75) is 17.4 Å². The first-order valence-corrected chi connectivity index (χ1v) is 8.44. The van der Waals surface area contributed by atoms with Crippen LogP contribution >= 0.6 is 22.6 Å². The molecule has 1 aromatic rings. The van der Waals surface area contributed by atoms with Gasteiger partial charge in [0.1, 0.15) is 0 Å². The molecule has 20 heavy (non-hydrogen) atoms. The largest absolute Gasteiger partial charge is 0.478 e. The highest BCUT2D eigenvalue weighted by Gasteiger charge is 2.31. The molecule has 0 aromatic heterocycles. The lowest BCUT2D eigenvalue weighted by atomic mass is 10.2. The van der Waals surface area contributed by atoms with Gasteiger partial charge in [-0.3, -0.25) is 0 Å². The Bertz CT molecular complexity index is 625. The Morgan fingerprint density at radius 2 is 2.20 bits per heavy atom. The van der Waals surface area contributed by atoms with Gasteiger partial charge in [-0.05, 0) is 47.2 Å². The number of carboxylic acids is 1. The minimum Gasteiger partial charge on any atom is -0.478 e. The fourth-order valence-electron chi connectivity index (χ4n) is 2.00. The molecular formula is C12H14INO5S. The first-order chi connectivity index (χ1) is 9.34. The van der Waals surface area contributed by atoms with Crippen molar-refractivity contribution in [1.82, 2.24) is 4.31 Å². The van der Waals surface area contributed by atoms with Crippen molar-refractivity contribution >= 4 is 38.6 Å². The lowest BCUT2D eigenvalue weighted by molar-refractivity contribution is 0.0695. The molecule has 1 aliphatic heterocycles. The van der Waals surface area contributed by atoms with Crippen LogP contribution in [0, 0.1) is 3.57 Å². The van der Waals surface area contributed by atoms with Crippen molar-refractivity contribution in [3.63, 3.8) is 0 Å². The molecule has 1 unspecified atom stereocenters. The number of hydrogen-bond donors (Lipinski definition) is 1. The monoisotopic (exact) mass is 411 g/mol. The van der Waals surface area contributed by atoms with Crippen LogP contribution in [0.15, 0.2) is 23.1 Å². The van der Waals surface area contributed by atoms with Crippen LogP contribution in [-0.4, -0.2) is 50.1 Å². The number of sulfonamides is 1. The van der Waals surface area contributed by atoms with Crippen molar-refractivity contribution in [3.8, 4) is 0 Å². The SMILES string of the molecule is CN(C1CCOC1)S(=O)(=O)c1ccc(I)c(C(=O)O)c1. The maximum Gasteiger partial charge on any atom is 0.336 e. The summed E-state index contributed by atoms with van der Waals surface area (Å²) in [5.41, 5.74) is -0.0113. The normalized spacial score (nSPS) is 19.4. The van der Waals surface area contributed by atoms with Gasteiger partial charge in [0.05, 0.1) is 23.1 Å². The van der Waals surface area contributed by atoms with Gasteiger partial charge in [-0.1, -0.05) is 0 Å². The zero-order valence-electron chi connectivity index (χ0n) is 10.7. The number of ether oxygens (including phenoxy) is 1. The molecule has 6 nitrogen and oxygen atoms in total. The first-order valence-electron chi connectivity index (χ1n) is 5.92. The smallest absolute Gasteiger partial charge is 0.336 e. The molecule has 2 rings (SSSR count). The van der Waals surface area contributed by atoms with Crippen LogP contribution in [0.25, 0.3) is 0 Å². The van der Waals surface area contributed by atoms with Crippen LogP contribution in [0.4, 0.5) is 0 Å². The Balaban J connectivity index is 2.38. The molecule has 1 N–H and O–H groups in total.